The number of halogens is 2. The van der Waals surface area contributed by atoms with Crippen LogP contribution in [0.5, 0.6) is 5.75 Å². The fourth-order valence-electron chi connectivity index (χ4n) is 2.10. The quantitative estimate of drug-likeness (QED) is 0.470. The number of hydrazone groups is 1. The topological polar surface area (TPSA) is 75.6 Å². The molecule has 1 amide bonds. The van der Waals surface area contributed by atoms with Crippen LogP contribution in [0.15, 0.2) is 53.6 Å². The van der Waals surface area contributed by atoms with E-state index in [0.717, 1.165) is 11.4 Å². The van der Waals surface area contributed by atoms with Gasteiger partial charge in [-0.05, 0) is 36.4 Å². The maximum atomic E-state index is 13.6. The van der Waals surface area contributed by atoms with Gasteiger partial charge >= 0.3 is 0 Å². The van der Waals surface area contributed by atoms with Gasteiger partial charge in [-0.2, -0.15) is 5.10 Å². The number of methoxy groups -OCH3 is 1. The number of anilines is 2. The molecule has 1 heterocycles. The van der Waals surface area contributed by atoms with E-state index in [1.165, 1.54) is 35.8 Å². The lowest BCUT2D eigenvalue weighted by atomic mass is 10.2. The largest absolute Gasteiger partial charge is 0.497 e. The average molecular weight is 405 g/mol. The lowest BCUT2D eigenvalue weighted by molar-refractivity contribution is 0.0951. The SMILES string of the molecule is COc1ccc(Nc2nc(Cl)c(/C=N/NC(=O)c3ccccc3F)s2)cc1. The molecule has 138 valence electrons. The Morgan fingerprint density at radius 1 is 1.26 bits per heavy atom. The highest BCUT2D eigenvalue weighted by Gasteiger charge is 2.11. The first kappa shape index (κ1) is 18.8. The first-order valence-electron chi connectivity index (χ1n) is 7.72. The second kappa shape index (κ2) is 8.61. The van der Waals surface area contributed by atoms with E-state index < -0.39 is 11.7 Å². The third-order valence-corrected chi connectivity index (χ3v) is 4.72. The van der Waals surface area contributed by atoms with E-state index in [1.54, 1.807) is 13.2 Å². The molecular formula is C18H14ClFN4O2S. The third kappa shape index (κ3) is 4.81. The molecule has 0 unspecified atom stereocenters. The van der Waals surface area contributed by atoms with Crippen LogP contribution >= 0.6 is 22.9 Å². The van der Waals surface area contributed by atoms with Crippen molar-refractivity contribution in [3.63, 3.8) is 0 Å². The average Bonchev–Trinajstić information content (AvgIpc) is 3.01. The van der Waals surface area contributed by atoms with Gasteiger partial charge < -0.3 is 10.1 Å². The molecule has 1 aromatic heterocycles. The van der Waals surface area contributed by atoms with E-state index in [2.05, 4.69) is 20.8 Å². The number of nitrogens with zero attached hydrogens (tertiary/aromatic N) is 2. The second-order valence-electron chi connectivity index (χ2n) is 5.21. The standard InChI is InChI=1S/C18H14ClFN4O2S/c1-26-12-8-6-11(7-9-12)22-18-23-16(19)15(27-18)10-21-24-17(25)13-4-2-3-5-14(13)20/h2-10H,1H3,(H,22,23)(H,24,25)/b21-10+. The molecule has 9 heteroatoms. The summed E-state index contributed by atoms with van der Waals surface area (Å²) in [5.41, 5.74) is 2.99. The van der Waals surface area contributed by atoms with Crippen LogP contribution in [0.25, 0.3) is 0 Å². The van der Waals surface area contributed by atoms with E-state index in [9.17, 15) is 9.18 Å². The van der Waals surface area contributed by atoms with Crippen molar-refractivity contribution in [3.8, 4) is 5.75 Å². The Balaban J connectivity index is 1.64. The summed E-state index contributed by atoms with van der Waals surface area (Å²) in [7, 11) is 1.60. The molecule has 0 saturated carbocycles. The van der Waals surface area contributed by atoms with Gasteiger partial charge in [-0.3, -0.25) is 4.79 Å². The summed E-state index contributed by atoms with van der Waals surface area (Å²) in [6.45, 7) is 0. The Labute approximate surface area is 163 Å². The van der Waals surface area contributed by atoms with Crippen molar-refractivity contribution in [3.05, 3.63) is 69.9 Å². The van der Waals surface area contributed by atoms with Gasteiger partial charge in [-0.25, -0.2) is 14.8 Å². The van der Waals surface area contributed by atoms with Crippen LogP contribution in [-0.2, 0) is 0 Å². The minimum absolute atomic E-state index is 0.0908. The van der Waals surface area contributed by atoms with Gasteiger partial charge in [0.25, 0.3) is 5.91 Å². The monoisotopic (exact) mass is 404 g/mol. The summed E-state index contributed by atoms with van der Waals surface area (Å²) in [4.78, 5) is 16.6. The van der Waals surface area contributed by atoms with Crippen LogP contribution in [0.2, 0.25) is 5.15 Å². The minimum atomic E-state index is -0.651. The number of aromatic nitrogens is 1. The number of hydrogen-bond acceptors (Lipinski definition) is 6. The van der Waals surface area contributed by atoms with Crippen LogP contribution in [0.1, 0.15) is 15.2 Å². The number of thiazole rings is 1. The minimum Gasteiger partial charge on any atom is -0.497 e. The molecule has 6 nitrogen and oxygen atoms in total. The highest BCUT2D eigenvalue weighted by molar-refractivity contribution is 7.17. The molecule has 2 N–H and O–H groups in total. The van der Waals surface area contributed by atoms with Gasteiger partial charge in [0.05, 0.1) is 23.8 Å². The molecule has 0 spiro atoms. The molecule has 0 atom stereocenters. The van der Waals surface area contributed by atoms with Crippen molar-refractivity contribution in [2.24, 2.45) is 5.10 Å². The number of carbonyl (C=O) groups is 1. The fraction of sp³-hybridized carbons (Fsp3) is 0.0556. The predicted octanol–water partition coefficient (Wildman–Crippen LogP) is 4.45. The molecule has 3 rings (SSSR count). The normalized spacial score (nSPS) is 10.8. The first-order chi connectivity index (χ1) is 13.1. The Hall–Kier alpha value is -2.97. The van der Waals surface area contributed by atoms with Crippen molar-refractivity contribution in [2.75, 3.05) is 12.4 Å². The zero-order chi connectivity index (χ0) is 19.2. The number of rotatable bonds is 6. The van der Waals surface area contributed by atoms with E-state index in [1.807, 2.05) is 24.3 Å². The van der Waals surface area contributed by atoms with E-state index in [0.29, 0.717) is 10.0 Å². The predicted molar refractivity (Wildman–Crippen MR) is 105 cm³/mol. The lowest BCUT2D eigenvalue weighted by Crippen LogP contribution is -2.18. The number of benzene rings is 2. The summed E-state index contributed by atoms with van der Waals surface area (Å²) < 4.78 is 18.7. The van der Waals surface area contributed by atoms with Crippen LogP contribution in [0.3, 0.4) is 0 Å². The van der Waals surface area contributed by atoms with Crippen molar-refractivity contribution in [1.29, 1.82) is 0 Å². The summed E-state index contributed by atoms with van der Waals surface area (Å²) in [6, 6.07) is 13.0. The third-order valence-electron chi connectivity index (χ3n) is 3.42. The fourth-order valence-corrected chi connectivity index (χ4v) is 3.15. The number of nitrogens with one attached hydrogen (secondary N) is 2. The van der Waals surface area contributed by atoms with Gasteiger partial charge in [-0.15, -0.1) is 0 Å². The Kier molecular flexibility index (Phi) is 6.00. The van der Waals surface area contributed by atoms with Gasteiger partial charge in [0.15, 0.2) is 10.3 Å². The molecule has 0 fully saturated rings. The van der Waals surface area contributed by atoms with Crippen LogP contribution in [0, 0.1) is 5.82 Å². The highest BCUT2D eigenvalue weighted by atomic mass is 35.5. The molecule has 0 radical (unpaired) electrons. The Morgan fingerprint density at radius 3 is 2.70 bits per heavy atom. The number of amides is 1. The van der Waals surface area contributed by atoms with Gasteiger partial charge in [0.1, 0.15) is 11.6 Å². The molecule has 0 aliphatic rings. The molecule has 0 aliphatic carbocycles. The first-order valence-corrected chi connectivity index (χ1v) is 8.91. The van der Waals surface area contributed by atoms with E-state index in [-0.39, 0.29) is 10.7 Å². The summed E-state index contributed by atoms with van der Waals surface area (Å²) in [5.74, 6) is -0.523. The molecule has 2 aromatic carbocycles. The molecule has 0 bridgehead atoms. The van der Waals surface area contributed by atoms with E-state index >= 15 is 0 Å². The zero-order valence-corrected chi connectivity index (χ0v) is 15.6. The highest BCUT2D eigenvalue weighted by Crippen LogP contribution is 2.28. The van der Waals surface area contributed by atoms with Gasteiger partial charge in [0, 0.05) is 5.69 Å². The smallest absolute Gasteiger partial charge is 0.274 e. The van der Waals surface area contributed by atoms with Crippen LogP contribution in [-0.4, -0.2) is 24.2 Å². The molecule has 0 aliphatic heterocycles. The van der Waals surface area contributed by atoms with E-state index in [4.69, 9.17) is 16.3 Å². The summed E-state index contributed by atoms with van der Waals surface area (Å²) in [6.07, 6.45) is 1.36. The lowest BCUT2D eigenvalue weighted by Gasteiger charge is -2.03. The molecule has 0 saturated heterocycles. The molecule has 27 heavy (non-hydrogen) atoms. The van der Waals surface area contributed by atoms with Crippen LogP contribution < -0.4 is 15.5 Å². The summed E-state index contributed by atoms with van der Waals surface area (Å²) >= 11 is 7.35. The van der Waals surface area contributed by atoms with Crippen molar-refractivity contribution >= 4 is 45.9 Å². The second-order valence-corrected chi connectivity index (χ2v) is 6.60. The number of hydrogen-bond donors (Lipinski definition) is 2. The molecule has 3 aromatic rings. The zero-order valence-electron chi connectivity index (χ0n) is 14.1. The number of carbonyl (C=O) groups excluding carboxylic acids is 1. The van der Waals surface area contributed by atoms with Gasteiger partial charge in [-0.1, -0.05) is 35.1 Å². The Morgan fingerprint density at radius 2 is 2.00 bits per heavy atom. The van der Waals surface area contributed by atoms with Gasteiger partial charge in [0.2, 0.25) is 0 Å². The van der Waals surface area contributed by atoms with Crippen molar-refractivity contribution < 1.29 is 13.9 Å². The molecular weight excluding hydrogens is 391 g/mol. The van der Waals surface area contributed by atoms with Crippen molar-refractivity contribution in [2.45, 2.75) is 0 Å². The van der Waals surface area contributed by atoms with Crippen LogP contribution in [0.4, 0.5) is 15.2 Å². The Bertz CT molecular complexity index is 976. The maximum absolute atomic E-state index is 13.6. The number of ether oxygens (including phenoxy) is 1. The summed E-state index contributed by atoms with van der Waals surface area (Å²) in [5, 5.41) is 7.73. The maximum Gasteiger partial charge on any atom is 0.274 e. The van der Waals surface area contributed by atoms with Crippen molar-refractivity contribution in [1.82, 2.24) is 10.4 Å².